The van der Waals surface area contributed by atoms with E-state index >= 15 is 0 Å². The summed E-state index contributed by atoms with van der Waals surface area (Å²) in [5.41, 5.74) is 0. The van der Waals surface area contributed by atoms with Crippen LogP contribution in [0.3, 0.4) is 0 Å². The summed E-state index contributed by atoms with van der Waals surface area (Å²) in [6.07, 6.45) is 4.73. The van der Waals surface area contributed by atoms with Crippen LogP contribution in [0.25, 0.3) is 0 Å². The van der Waals surface area contributed by atoms with Crippen molar-refractivity contribution >= 4 is 11.3 Å². The van der Waals surface area contributed by atoms with Crippen LogP contribution >= 0.6 is 11.3 Å². The van der Waals surface area contributed by atoms with E-state index in [0.29, 0.717) is 16.8 Å². The van der Waals surface area contributed by atoms with Crippen LogP contribution in [0, 0.1) is 0 Å². The first kappa shape index (κ1) is 11.4. The van der Waals surface area contributed by atoms with Gasteiger partial charge in [0.25, 0.3) is 5.19 Å². The first-order valence-electron chi connectivity index (χ1n) is 4.93. The molecule has 0 fully saturated rings. The Labute approximate surface area is 87.9 Å². The summed E-state index contributed by atoms with van der Waals surface area (Å²) in [6, 6.07) is 0. The fraction of sp³-hybridized carbons (Fsp3) is 0.778. The second-order valence-electron chi connectivity index (χ2n) is 3.03. The van der Waals surface area contributed by atoms with E-state index in [1.165, 1.54) is 30.6 Å². The molecule has 0 aliphatic carbocycles. The highest BCUT2D eigenvalue weighted by molar-refractivity contribution is 7.13. The van der Waals surface area contributed by atoms with Crippen LogP contribution in [-0.4, -0.2) is 21.9 Å². The molecule has 0 unspecified atom stereocenters. The molecule has 1 heterocycles. The van der Waals surface area contributed by atoms with Gasteiger partial charge >= 0.3 is 0 Å². The lowest BCUT2D eigenvalue weighted by Crippen LogP contribution is -1.96. The van der Waals surface area contributed by atoms with E-state index in [1.807, 2.05) is 0 Å². The number of aliphatic hydroxyl groups excluding tert-OH is 1. The largest absolute Gasteiger partial charge is 0.469 e. The predicted molar refractivity (Wildman–Crippen MR) is 55.5 cm³/mol. The van der Waals surface area contributed by atoms with Gasteiger partial charge in [0.05, 0.1) is 13.2 Å². The molecule has 1 rings (SSSR count). The Bertz CT molecular complexity index is 253. The minimum atomic E-state index is -0.0587. The molecule has 0 saturated heterocycles. The van der Waals surface area contributed by atoms with Gasteiger partial charge in [-0.1, -0.05) is 42.6 Å². The maximum atomic E-state index is 8.74. The van der Waals surface area contributed by atoms with Crippen LogP contribution in [0.15, 0.2) is 0 Å². The standard InChI is InChI=1S/C9H16N2O2S/c1-2-3-4-5-6-13-9-11-10-8(7-12)14-9/h12H,2-7H2,1H3. The Morgan fingerprint density at radius 3 is 2.79 bits per heavy atom. The molecule has 0 saturated carbocycles. The Kier molecular flexibility index (Phi) is 5.47. The highest BCUT2D eigenvalue weighted by Crippen LogP contribution is 2.17. The third-order valence-corrected chi connectivity index (χ3v) is 2.63. The Balaban J connectivity index is 2.12. The molecule has 0 spiro atoms. The van der Waals surface area contributed by atoms with Crippen molar-refractivity contribution in [2.45, 2.75) is 39.2 Å². The molecular formula is C9H16N2O2S. The highest BCUT2D eigenvalue weighted by atomic mass is 32.1. The molecule has 80 valence electrons. The number of aromatic nitrogens is 2. The smallest absolute Gasteiger partial charge is 0.294 e. The first-order chi connectivity index (χ1) is 6.86. The van der Waals surface area contributed by atoms with Gasteiger partial charge in [0.2, 0.25) is 0 Å². The van der Waals surface area contributed by atoms with Gasteiger partial charge in [0.15, 0.2) is 0 Å². The van der Waals surface area contributed by atoms with Gasteiger partial charge in [-0.3, -0.25) is 0 Å². The third kappa shape index (κ3) is 4.02. The lowest BCUT2D eigenvalue weighted by molar-refractivity contribution is 0.280. The van der Waals surface area contributed by atoms with Crippen LogP contribution in [0.2, 0.25) is 0 Å². The van der Waals surface area contributed by atoms with Crippen LogP contribution < -0.4 is 4.74 Å². The zero-order valence-electron chi connectivity index (χ0n) is 8.40. The van der Waals surface area contributed by atoms with Crippen LogP contribution in [0.1, 0.15) is 37.6 Å². The zero-order chi connectivity index (χ0) is 10.2. The molecule has 4 nitrogen and oxygen atoms in total. The second-order valence-corrected chi connectivity index (χ2v) is 4.05. The van der Waals surface area contributed by atoms with Crippen molar-refractivity contribution in [2.24, 2.45) is 0 Å². The highest BCUT2D eigenvalue weighted by Gasteiger charge is 2.02. The first-order valence-corrected chi connectivity index (χ1v) is 5.74. The normalized spacial score (nSPS) is 10.4. The van der Waals surface area contributed by atoms with Crippen LogP contribution in [0.4, 0.5) is 0 Å². The fourth-order valence-corrected chi connectivity index (χ4v) is 1.62. The lowest BCUT2D eigenvalue weighted by Gasteiger charge is -1.99. The maximum absolute atomic E-state index is 8.74. The van der Waals surface area contributed by atoms with E-state index in [4.69, 9.17) is 9.84 Å². The molecule has 0 amide bonds. The van der Waals surface area contributed by atoms with Gasteiger partial charge in [-0.2, -0.15) is 0 Å². The van der Waals surface area contributed by atoms with Crippen molar-refractivity contribution in [1.29, 1.82) is 0 Å². The number of rotatable bonds is 7. The van der Waals surface area contributed by atoms with E-state index < -0.39 is 0 Å². The van der Waals surface area contributed by atoms with Gasteiger partial charge in [0, 0.05) is 0 Å². The van der Waals surface area contributed by atoms with Crippen LogP contribution in [-0.2, 0) is 6.61 Å². The van der Waals surface area contributed by atoms with Gasteiger partial charge in [-0.05, 0) is 6.42 Å². The molecule has 0 atom stereocenters. The van der Waals surface area contributed by atoms with Crippen molar-refractivity contribution in [2.75, 3.05) is 6.61 Å². The summed E-state index contributed by atoms with van der Waals surface area (Å²) in [5.74, 6) is 0. The number of hydrogen-bond donors (Lipinski definition) is 1. The molecule has 0 aromatic carbocycles. The van der Waals surface area contributed by atoms with Gasteiger partial charge in [0.1, 0.15) is 5.01 Å². The van der Waals surface area contributed by atoms with E-state index in [2.05, 4.69) is 17.1 Å². The number of unbranched alkanes of at least 4 members (excludes halogenated alkanes) is 3. The van der Waals surface area contributed by atoms with E-state index in [0.717, 1.165) is 6.42 Å². The molecule has 0 radical (unpaired) electrons. The molecular weight excluding hydrogens is 200 g/mol. The van der Waals surface area contributed by atoms with Crippen molar-refractivity contribution in [3.05, 3.63) is 5.01 Å². The molecule has 5 heteroatoms. The topological polar surface area (TPSA) is 55.2 Å². The van der Waals surface area contributed by atoms with E-state index in [-0.39, 0.29) is 6.61 Å². The minimum Gasteiger partial charge on any atom is -0.469 e. The van der Waals surface area contributed by atoms with Crippen molar-refractivity contribution in [3.63, 3.8) is 0 Å². The summed E-state index contributed by atoms with van der Waals surface area (Å²) >= 11 is 1.30. The molecule has 0 aliphatic heterocycles. The Morgan fingerprint density at radius 1 is 1.29 bits per heavy atom. The van der Waals surface area contributed by atoms with E-state index in [1.54, 1.807) is 0 Å². The minimum absolute atomic E-state index is 0.0587. The van der Waals surface area contributed by atoms with Crippen molar-refractivity contribution in [1.82, 2.24) is 10.2 Å². The van der Waals surface area contributed by atoms with E-state index in [9.17, 15) is 0 Å². The van der Waals surface area contributed by atoms with Gasteiger partial charge in [-0.15, -0.1) is 5.10 Å². The average molecular weight is 216 g/mol. The predicted octanol–water partition coefficient (Wildman–Crippen LogP) is 1.99. The number of hydrogen-bond acceptors (Lipinski definition) is 5. The molecule has 0 aliphatic rings. The summed E-state index contributed by atoms with van der Waals surface area (Å²) in [5, 5.41) is 17.4. The molecule has 1 N–H and O–H groups in total. The summed E-state index contributed by atoms with van der Waals surface area (Å²) < 4.78 is 5.37. The summed E-state index contributed by atoms with van der Waals surface area (Å²) in [6.45, 7) is 2.82. The summed E-state index contributed by atoms with van der Waals surface area (Å²) in [4.78, 5) is 0. The molecule has 1 aromatic rings. The van der Waals surface area contributed by atoms with Crippen molar-refractivity contribution in [3.8, 4) is 5.19 Å². The van der Waals surface area contributed by atoms with Gasteiger partial charge < -0.3 is 9.84 Å². The third-order valence-electron chi connectivity index (χ3n) is 1.81. The molecule has 1 aromatic heterocycles. The summed E-state index contributed by atoms with van der Waals surface area (Å²) in [7, 11) is 0. The number of nitrogens with zero attached hydrogens (tertiary/aromatic N) is 2. The fourth-order valence-electron chi connectivity index (χ4n) is 1.05. The molecule has 14 heavy (non-hydrogen) atoms. The lowest BCUT2D eigenvalue weighted by atomic mass is 10.2. The number of ether oxygens (including phenoxy) is 1. The monoisotopic (exact) mass is 216 g/mol. The van der Waals surface area contributed by atoms with Gasteiger partial charge in [-0.25, -0.2) is 0 Å². The van der Waals surface area contributed by atoms with Crippen LogP contribution in [0.5, 0.6) is 5.19 Å². The molecule has 0 bridgehead atoms. The zero-order valence-corrected chi connectivity index (χ0v) is 9.22. The second kappa shape index (κ2) is 6.73. The quantitative estimate of drug-likeness (QED) is 0.708. The number of aliphatic hydroxyl groups is 1. The average Bonchev–Trinajstić information content (AvgIpc) is 2.65. The van der Waals surface area contributed by atoms with Crippen molar-refractivity contribution < 1.29 is 9.84 Å². The Hall–Kier alpha value is -0.680. The Morgan fingerprint density at radius 2 is 2.14 bits per heavy atom. The SMILES string of the molecule is CCCCCCOc1nnc(CO)s1. The maximum Gasteiger partial charge on any atom is 0.294 e.